The summed E-state index contributed by atoms with van der Waals surface area (Å²) in [6.45, 7) is 5.17. The fourth-order valence-electron chi connectivity index (χ4n) is 2.55. The van der Waals surface area contributed by atoms with E-state index in [1.807, 2.05) is 4.90 Å². The maximum Gasteiger partial charge on any atom is 0.233 e. The standard InChI is InChI=1S/C15H18N4OS3/c1-2-7-16-14-17-18-15(23-14)22-10-13(20)19-8-3-5-11(19)12-6-4-9-21-12/h2,4,6,9,11H,1,3,5,7-8,10H2,(H,16,17)/t11-/m1/s1. The van der Waals surface area contributed by atoms with Crippen LogP contribution in [0.1, 0.15) is 23.8 Å². The Morgan fingerprint density at radius 3 is 3.26 bits per heavy atom. The predicted octanol–water partition coefficient (Wildman–Crippen LogP) is 3.65. The molecule has 0 aromatic carbocycles. The van der Waals surface area contributed by atoms with Gasteiger partial charge in [-0.05, 0) is 24.3 Å². The molecule has 0 unspecified atom stereocenters. The highest BCUT2D eigenvalue weighted by molar-refractivity contribution is 8.01. The molecular formula is C15H18N4OS3. The lowest BCUT2D eigenvalue weighted by molar-refractivity contribution is -0.129. The van der Waals surface area contributed by atoms with Crippen molar-refractivity contribution in [3.8, 4) is 0 Å². The van der Waals surface area contributed by atoms with Gasteiger partial charge in [0.25, 0.3) is 0 Å². The van der Waals surface area contributed by atoms with E-state index in [2.05, 4.69) is 39.6 Å². The fourth-order valence-corrected chi connectivity index (χ4v) is 5.07. The minimum Gasteiger partial charge on any atom is -0.357 e. The molecule has 1 N–H and O–H groups in total. The number of aromatic nitrogens is 2. The number of carbonyl (C=O) groups excluding carboxylic acids is 1. The number of amides is 1. The first-order valence-electron chi connectivity index (χ1n) is 7.42. The third-order valence-corrected chi connectivity index (χ3v) is 6.54. The average Bonchev–Trinajstić information content (AvgIpc) is 3.31. The van der Waals surface area contributed by atoms with Crippen molar-refractivity contribution in [2.24, 2.45) is 0 Å². The maximum absolute atomic E-state index is 12.5. The molecule has 8 heteroatoms. The Hall–Kier alpha value is -1.38. The van der Waals surface area contributed by atoms with E-state index < -0.39 is 0 Å². The third-order valence-electron chi connectivity index (χ3n) is 3.57. The number of carbonyl (C=O) groups is 1. The summed E-state index contributed by atoms with van der Waals surface area (Å²) in [5, 5.41) is 14.1. The van der Waals surface area contributed by atoms with Gasteiger partial charge in [-0.2, -0.15) is 0 Å². The van der Waals surface area contributed by atoms with Crippen LogP contribution in [0.15, 0.2) is 34.5 Å². The maximum atomic E-state index is 12.5. The second-order valence-corrected chi connectivity index (χ2v) is 8.27. The lowest BCUT2D eigenvalue weighted by Crippen LogP contribution is -2.31. The highest BCUT2D eigenvalue weighted by Gasteiger charge is 2.30. The number of rotatable bonds is 7. The first kappa shape index (κ1) is 16.5. The largest absolute Gasteiger partial charge is 0.357 e. The quantitative estimate of drug-likeness (QED) is 0.599. The van der Waals surface area contributed by atoms with Crippen molar-refractivity contribution < 1.29 is 4.79 Å². The van der Waals surface area contributed by atoms with Gasteiger partial charge in [0, 0.05) is 18.0 Å². The molecule has 1 amide bonds. The van der Waals surface area contributed by atoms with Crippen molar-refractivity contribution in [1.82, 2.24) is 15.1 Å². The molecule has 1 atom stereocenters. The minimum absolute atomic E-state index is 0.182. The van der Waals surface area contributed by atoms with Crippen molar-refractivity contribution in [3.63, 3.8) is 0 Å². The first-order chi connectivity index (χ1) is 11.3. The van der Waals surface area contributed by atoms with Crippen LogP contribution in [0.4, 0.5) is 5.13 Å². The van der Waals surface area contributed by atoms with Gasteiger partial charge < -0.3 is 10.2 Å². The summed E-state index contributed by atoms with van der Waals surface area (Å²) in [5.41, 5.74) is 0. The Morgan fingerprint density at radius 2 is 2.48 bits per heavy atom. The molecule has 2 aromatic heterocycles. The van der Waals surface area contributed by atoms with Crippen LogP contribution in [0.25, 0.3) is 0 Å². The van der Waals surface area contributed by atoms with Gasteiger partial charge in [-0.1, -0.05) is 35.2 Å². The Kier molecular flexibility index (Phi) is 5.69. The normalized spacial score (nSPS) is 17.4. The van der Waals surface area contributed by atoms with Gasteiger partial charge in [0.1, 0.15) is 0 Å². The zero-order valence-corrected chi connectivity index (χ0v) is 15.1. The Morgan fingerprint density at radius 1 is 1.57 bits per heavy atom. The lowest BCUT2D eigenvalue weighted by Gasteiger charge is -2.23. The van der Waals surface area contributed by atoms with Gasteiger partial charge in [0.2, 0.25) is 11.0 Å². The Balaban J connectivity index is 1.54. The monoisotopic (exact) mass is 366 g/mol. The molecule has 1 aliphatic rings. The summed E-state index contributed by atoms with van der Waals surface area (Å²) in [4.78, 5) is 15.8. The molecule has 0 aliphatic carbocycles. The van der Waals surface area contributed by atoms with Gasteiger partial charge >= 0.3 is 0 Å². The van der Waals surface area contributed by atoms with E-state index in [0.717, 1.165) is 28.9 Å². The lowest BCUT2D eigenvalue weighted by atomic mass is 10.2. The second-order valence-electron chi connectivity index (χ2n) is 5.09. The molecule has 0 saturated carbocycles. The van der Waals surface area contributed by atoms with Gasteiger partial charge in [-0.25, -0.2) is 0 Å². The van der Waals surface area contributed by atoms with Crippen LogP contribution in [0.3, 0.4) is 0 Å². The molecular weight excluding hydrogens is 348 g/mol. The third kappa shape index (κ3) is 4.13. The highest BCUT2D eigenvalue weighted by Crippen LogP contribution is 2.35. The van der Waals surface area contributed by atoms with Crippen LogP contribution >= 0.6 is 34.4 Å². The van der Waals surface area contributed by atoms with Crippen LogP contribution < -0.4 is 5.32 Å². The van der Waals surface area contributed by atoms with Crippen molar-refractivity contribution in [3.05, 3.63) is 35.0 Å². The molecule has 3 heterocycles. The van der Waals surface area contributed by atoms with Crippen molar-refractivity contribution in [1.29, 1.82) is 0 Å². The van der Waals surface area contributed by atoms with Crippen molar-refractivity contribution >= 4 is 45.5 Å². The van der Waals surface area contributed by atoms with Crippen LogP contribution in [-0.4, -0.2) is 39.8 Å². The van der Waals surface area contributed by atoms with Gasteiger partial charge in [0.05, 0.1) is 11.8 Å². The number of thioether (sulfide) groups is 1. The van der Waals surface area contributed by atoms with E-state index in [1.165, 1.54) is 28.0 Å². The number of thiophene rings is 1. The van der Waals surface area contributed by atoms with Gasteiger partial charge in [-0.15, -0.1) is 28.1 Å². The number of anilines is 1. The van der Waals surface area contributed by atoms with E-state index in [1.54, 1.807) is 17.4 Å². The summed E-state index contributed by atoms with van der Waals surface area (Å²) in [6, 6.07) is 4.42. The summed E-state index contributed by atoms with van der Waals surface area (Å²) >= 11 is 4.66. The SMILES string of the molecule is C=CCNc1nnc(SCC(=O)N2CCC[C@@H]2c2cccs2)s1. The smallest absolute Gasteiger partial charge is 0.233 e. The van der Waals surface area contributed by atoms with Gasteiger partial charge in [-0.3, -0.25) is 4.79 Å². The summed E-state index contributed by atoms with van der Waals surface area (Å²) in [6.07, 6.45) is 3.91. The first-order valence-corrected chi connectivity index (χ1v) is 10.1. The Labute approximate surface area is 147 Å². The molecule has 0 radical (unpaired) electrons. The number of likely N-dealkylation sites (tertiary alicyclic amines) is 1. The highest BCUT2D eigenvalue weighted by atomic mass is 32.2. The van der Waals surface area contributed by atoms with Gasteiger partial charge in [0.15, 0.2) is 4.34 Å². The van der Waals surface area contributed by atoms with Crippen molar-refractivity contribution in [2.75, 3.05) is 24.2 Å². The minimum atomic E-state index is 0.182. The molecule has 1 saturated heterocycles. The molecule has 3 rings (SSSR count). The number of nitrogens with one attached hydrogen (secondary N) is 1. The molecule has 1 fully saturated rings. The number of hydrogen-bond acceptors (Lipinski definition) is 7. The van der Waals surface area contributed by atoms with E-state index in [0.29, 0.717) is 12.3 Å². The van der Waals surface area contributed by atoms with Crippen molar-refractivity contribution in [2.45, 2.75) is 23.2 Å². The second kappa shape index (κ2) is 7.94. The molecule has 1 aliphatic heterocycles. The average molecular weight is 367 g/mol. The predicted molar refractivity (Wildman–Crippen MR) is 97.3 cm³/mol. The zero-order chi connectivity index (χ0) is 16.1. The molecule has 0 spiro atoms. The van der Waals surface area contributed by atoms with E-state index in [4.69, 9.17) is 0 Å². The summed E-state index contributed by atoms with van der Waals surface area (Å²) in [5.74, 6) is 0.597. The molecule has 122 valence electrons. The van der Waals surface area contributed by atoms with E-state index in [9.17, 15) is 4.79 Å². The topological polar surface area (TPSA) is 58.1 Å². The van der Waals surface area contributed by atoms with Crippen LogP contribution in [-0.2, 0) is 4.79 Å². The molecule has 5 nitrogen and oxygen atoms in total. The summed E-state index contributed by atoms with van der Waals surface area (Å²) < 4.78 is 0.816. The molecule has 2 aromatic rings. The van der Waals surface area contributed by atoms with Crippen LogP contribution in [0, 0.1) is 0 Å². The van der Waals surface area contributed by atoms with E-state index >= 15 is 0 Å². The fraction of sp³-hybridized carbons (Fsp3) is 0.400. The van der Waals surface area contributed by atoms with Crippen LogP contribution in [0.5, 0.6) is 0 Å². The zero-order valence-electron chi connectivity index (χ0n) is 12.6. The number of hydrogen-bond donors (Lipinski definition) is 1. The molecule has 0 bridgehead atoms. The number of nitrogens with zero attached hydrogens (tertiary/aromatic N) is 3. The van der Waals surface area contributed by atoms with Crippen LogP contribution in [0.2, 0.25) is 0 Å². The van der Waals surface area contributed by atoms with E-state index in [-0.39, 0.29) is 11.9 Å². The summed E-state index contributed by atoms with van der Waals surface area (Å²) in [7, 11) is 0. The molecule has 23 heavy (non-hydrogen) atoms. The Bertz CT molecular complexity index is 655.